The smallest absolute Gasteiger partial charge is 0.290 e. The van der Waals surface area contributed by atoms with Crippen molar-refractivity contribution in [3.05, 3.63) is 45.2 Å². The van der Waals surface area contributed by atoms with E-state index in [-0.39, 0.29) is 17.3 Å². The topological polar surface area (TPSA) is 94.1 Å². The lowest BCUT2D eigenvalue weighted by atomic mass is 10.3. The first-order chi connectivity index (χ1) is 8.61. The van der Waals surface area contributed by atoms with Gasteiger partial charge in [0.25, 0.3) is 5.69 Å². The van der Waals surface area contributed by atoms with E-state index in [1.165, 1.54) is 16.8 Å². The van der Waals surface area contributed by atoms with Crippen molar-refractivity contribution < 1.29 is 10.0 Å². The van der Waals surface area contributed by atoms with E-state index in [0.717, 1.165) is 0 Å². The van der Waals surface area contributed by atoms with Gasteiger partial charge < -0.3 is 5.11 Å². The van der Waals surface area contributed by atoms with Crippen LogP contribution in [0.15, 0.2) is 24.4 Å². The summed E-state index contributed by atoms with van der Waals surface area (Å²) in [5.41, 5.74) is 0.909. The quantitative estimate of drug-likeness (QED) is 0.667. The van der Waals surface area contributed by atoms with E-state index >= 15 is 0 Å². The highest BCUT2D eigenvalue weighted by atomic mass is 35.5. The van der Waals surface area contributed by atoms with Crippen LogP contribution in [-0.2, 0) is 6.42 Å². The Bertz CT molecular complexity index is 584. The zero-order valence-electron chi connectivity index (χ0n) is 9.15. The number of nitro groups is 1. The van der Waals surface area contributed by atoms with Gasteiger partial charge in [0.2, 0.25) is 0 Å². The van der Waals surface area contributed by atoms with Crippen LogP contribution in [0.2, 0.25) is 5.02 Å². The van der Waals surface area contributed by atoms with Crippen molar-refractivity contribution in [2.75, 3.05) is 6.61 Å². The molecule has 18 heavy (non-hydrogen) atoms. The molecule has 1 N–H and O–H groups in total. The Labute approximate surface area is 107 Å². The summed E-state index contributed by atoms with van der Waals surface area (Å²) < 4.78 is 1.40. The molecule has 0 aliphatic carbocycles. The Morgan fingerprint density at radius 3 is 2.94 bits per heavy atom. The predicted octanol–water partition coefficient (Wildman–Crippen LogP) is 1.36. The van der Waals surface area contributed by atoms with E-state index in [1.807, 2.05) is 0 Å². The first-order valence-electron chi connectivity index (χ1n) is 5.08. The molecule has 0 saturated carbocycles. The molecule has 0 spiro atoms. The van der Waals surface area contributed by atoms with Crippen molar-refractivity contribution >= 4 is 17.3 Å². The molecule has 2 aromatic rings. The molecule has 0 amide bonds. The lowest BCUT2D eigenvalue weighted by Gasteiger charge is -2.00. The fourth-order valence-corrected chi connectivity index (χ4v) is 1.62. The highest BCUT2D eigenvalue weighted by molar-refractivity contribution is 6.32. The zero-order chi connectivity index (χ0) is 13.1. The van der Waals surface area contributed by atoms with Gasteiger partial charge in [-0.05, 0) is 12.1 Å². The standard InChI is InChI=1S/C10H9ClN4O3/c11-9-2-1-8(5-10(9)15(17)18)14-6-7(3-4-16)12-13-14/h1-2,5-6,16H,3-4H2. The minimum atomic E-state index is -0.558. The van der Waals surface area contributed by atoms with Crippen LogP contribution in [0.25, 0.3) is 5.69 Å². The van der Waals surface area contributed by atoms with Gasteiger partial charge in [0, 0.05) is 19.1 Å². The van der Waals surface area contributed by atoms with Crippen molar-refractivity contribution in [1.82, 2.24) is 15.0 Å². The molecule has 1 aromatic heterocycles. The van der Waals surface area contributed by atoms with Crippen LogP contribution in [0.3, 0.4) is 0 Å². The maximum absolute atomic E-state index is 10.8. The number of hydrogen-bond acceptors (Lipinski definition) is 5. The van der Waals surface area contributed by atoms with Crippen molar-refractivity contribution in [2.24, 2.45) is 0 Å². The van der Waals surface area contributed by atoms with Gasteiger partial charge in [-0.1, -0.05) is 16.8 Å². The van der Waals surface area contributed by atoms with Gasteiger partial charge in [0.1, 0.15) is 5.02 Å². The number of nitro benzene ring substituents is 1. The van der Waals surface area contributed by atoms with Crippen LogP contribution in [0.5, 0.6) is 0 Å². The number of aliphatic hydroxyl groups is 1. The monoisotopic (exact) mass is 268 g/mol. The van der Waals surface area contributed by atoms with Crippen molar-refractivity contribution in [2.45, 2.75) is 6.42 Å². The highest BCUT2D eigenvalue weighted by Gasteiger charge is 2.14. The molecular weight excluding hydrogens is 260 g/mol. The molecule has 0 radical (unpaired) electrons. The summed E-state index contributed by atoms with van der Waals surface area (Å²) in [6, 6.07) is 4.36. The maximum Gasteiger partial charge on any atom is 0.290 e. The average molecular weight is 269 g/mol. The summed E-state index contributed by atoms with van der Waals surface area (Å²) in [7, 11) is 0. The molecule has 7 nitrogen and oxygen atoms in total. The molecule has 2 rings (SSSR count). The SMILES string of the molecule is O=[N+]([O-])c1cc(-n2cc(CCO)nn2)ccc1Cl. The summed E-state index contributed by atoms with van der Waals surface area (Å²) >= 11 is 5.71. The summed E-state index contributed by atoms with van der Waals surface area (Å²) in [6.45, 7) is -0.0283. The first-order valence-corrected chi connectivity index (χ1v) is 5.46. The van der Waals surface area contributed by atoms with Crippen LogP contribution < -0.4 is 0 Å². The number of halogens is 1. The molecule has 0 unspecified atom stereocenters. The van der Waals surface area contributed by atoms with Crippen LogP contribution in [0.1, 0.15) is 5.69 Å². The normalized spacial score (nSPS) is 10.6. The van der Waals surface area contributed by atoms with E-state index in [2.05, 4.69) is 10.3 Å². The fraction of sp³-hybridized carbons (Fsp3) is 0.200. The van der Waals surface area contributed by atoms with Gasteiger partial charge in [0.15, 0.2) is 0 Å². The number of nitrogens with zero attached hydrogens (tertiary/aromatic N) is 4. The van der Waals surface area contributed by atoms with Gasteiger partial charge in [-0.3, -0.25) is 10.1 Å². The van der Waals surface area contributed by atoms with E-state index in [0.29, 0.717) is 17.8 Å². The van der Waals surface area contributed by atoms with Gasteiger partial charge in [0.05, 0.1) is 22.5 Å². The van der Waals surface area contributed by atoms with Crippen LogP contribution in [0.4, 0.5) is 5.69 Å². The second-order valence-electron chi connectivity index (χ2n) is 3.52. The molecule has 0 fully saturated rings. The number of aliphatic hydroxyl groups excluding tert-OH is 1. The Morgan fingerprint density at radius 1 is 1.50 bits per heavy atom. The molecule has 0 bridgehead atoms. The minimum absolute atomic E-state index is 0.0283. The second kappa shape index (κ2) is 5.11. The molecule has 0 saturated heterocycles. The first kappa shape index (κ1) is 12.5. The summed E-state index contributed by atoms with van der Waals surface area (Å²) in [5, 5.41) is 27.2. The van der Waals surface area contributed by atoms with Gasteiger partial charge in [-0.25, -0.2) is 4.68 Å². The molecule has 0 aliphatic heterocycles. The van der Waals surface area contributed by atoms with Crippen LogP contribution in [-0.4, -0.2) is 31.6 Å². The van der Waals surface area contributed by atoms with Crippen LogP contribution in [0, 0.1) is 10.1 Å². The maximum atomic E-state index is 10.8. The van der Waals surface area contributed by atoms with Gasteiger partial charge in [-0.2, -0.15) is 0 Å². The molecule has 1 aromatic carbocycles. The summed E-state index contributed by atoms with van der Waals surface area (Å²) in [6.07, 6.45) is 1.98. The van der Waals surface area contributed by atoms with E-state index in [4.69, 9.17) is 16.7 Å². The average Bonchev–Trinajstić information content (AvgIpc) is 2.78. The Kier molecular flexibility index (Phi) is 3.54. The Hall–Kier alpha value is -1.99. The van der Waals surface area contributed by atoms with E-state index in [1.54, 1.807) is 12.3 Å². The van der Waals surface area contributed by atoms with E-state index < -0.39 is 4.92 Å². The second-order valence-corrected chi connectivity index (χ2v) is 3.93. The number of hydrogen-bond donors (Lipinski definition) is 1. The van der Waals surface area contributed by atoms with Crippen molar-refractivity contribution in [1.29, 1.82) is 0 Å². The molecule has 8 heteroatoms. The summed E-state index contributed by atoms with van der Waals surface area (Å²) in [5.74, 6) is 0. The lowest BCUT2D eigenvalue weighted by Crippen LogP contribution is -1.97. The lowest BCUT2D eigenvalue weighted by molar-refractivity contribution is -0.384. The van der Waals surface area contributed by atoms with Crippen molar-refractivity contribution in [3.8, 4) is 5.69 Å². The molecule has 94 valence electrons. The highest BCUT2D eigenvalue weighted by Crippen LogP contribution is 2.26. The third-order valence-electron chi connectivity index (χ3n) is 2.30. The largest absolute Gasteiger partial charge is 0.396 e. The third kappa shape index (κ3) is 2.47. The fourth-order valence-electron chi connectivity index (χ4n) is 1.44. The van der Waals surface area contributed by atoms with E-state index in [9.17, 15) is 10.1 Å². The number of rotatable bonds is 4. The Balaban J connectivity index is 2.38. The Morgan fingerprint density at radius 2 is 2.28 bits per heavy atom. The van der Waals surface area contributed by atoms with Crippen molar-refractivity contribution in [3.63, 3.8) is 0 Å². The number of benzene rings is 1. The molecule has 0 atom stereocenters. The molecular formula is C10H9ClN4O3. The van der Waals surface area contributed by atoms with Gasteiger partial charge >= 0.3 is 0 Å². The zero-order valence-corrected chi connectivity index (χ0v) is 9.91. The number of aromatic nitrogens is 3. The third-order valence-corrected chi connectivity index (χ3v) is 2.62. The summed E-state index contributed by atoms with van der Waals surface area (Å²) in [4.78, 5) is 10.2. The molecule has 1 heterocycles. The molecule has 0 aliphatic rings. The minimum Gasteiger partial charge on any atom is -0.396 e. The van der Waals surface area contributed by atoms with Crippen LogP contribution >= 0.6 is 11.6 Å². The predicted molar refractivity (Wildman–Crippen MR) is 63.8 cm³/mol. The van der Waals surface area contributed by atoms with Gasteiger partial charge in [-0.15, -0.1) is 5.10 Å².